The Labute approximate surface area is 158 Å². The molecule has 5 nitrogen and oxygen atoms in total. The Morgan fingerprint density at radius 1 is 1.31 bits per heavy atom. The summed E-state index contributed by atoms with van der Waals surface area (Å²) in [5.74, 6) is 0.642. The molecular formula is C19H27FN4OS. The second-order valence-corrected chi connectivity index (χ2v) is 7.24. The van der Waals surface area contributed by atoms with Crippen molar-refractivity contribution in [2.24, 2.45) is 4.99 Å². The number of nitrogens with one attached hydrogen (secondary N) is 2. The van der Waals surface area contributed by atoms with Gasteiger partial charge in [-0.25, -0.2) is 9.37 Å². The van der Waals surface area contributed by atoms with Gasteiger partial charge in [0.15, 0.2) is 17.5 Å². The molecule has 0 fully saturated rings. The lowest BCUT2D eigenvalue weighted by Gasteiger charge is -2.20. The Kier molecular flexibility index (Phi) is 7.84. The monoisotopic (exact) mass is 378 g/mol. The molecule has 0 spiro atoms. The molecule has 0 aliphatic rings. The van der Waals surface area contributed by atoms with E-state index in [1.54, 1.807) is 36.6 Å². The van der Waals surface area contributed by atoms with Gasteiger partial charge in [0.05, 0.1) is 17.2 Å². The zero-order chi connectivity index (χ0) is 18.9. The van der Waals surface area contributed by atoms with Crippen molar-refractivity contribution in [2.45, 2.75) is 39.7 Å². The molecule has 142 valence electrons. The first kappa shape index (κ1) is 20.2. The third-order valence-corrected chi connectivity index (χ3v) is 5.08. The summed E-state index contributed by atoms with van der Waals surface area (Å²) in [4.78, 5) is 9.97. The number of thiazole rings is 1. The summed E-state index contributed by atoms with van der Waals surface area (Å²) in [7, 11) is 1.73. The maximum atomic E-state index is 13.7. The predicted molar refractivity (Wildman–Crippen MR) is 106 cm³/mol. The van der Waals surface area contributed by atoms with Crippen molar-refractivity contribution in [3.63, 3.8) is 0 Å². The van der Waals surface area contributed by atoms with Crippen molar-refractivity contribution >= 4 is 17.3 Å². The third kappa shape index (κ3) is 5.98. The minimum atomic E-state index is -0.344. The Balaban J connectivity index is 1.79. The summed E-state index contributed by atoms with van der Waals surface area (Å²) < 4.78 is 19.5. The van der Waals surface area contributed by atoms with E-state index in [0.717, 1.165) is 30.1 Å². The lowest BCUT2D eigenvalue weighted by atomic mass is 10.2. The number of aliphatic imine (C=N–C) groups is 1. The molecule has 26 heavy (non-hydrogen) atoms. The van der Waals surface area contributed by atoms with Gasteiger partial charge in [-0.3, -0.25) is 4.99 Å². The van der Waals surface area contributed by atoms with Crippen molar-refractivity contribution in [3.05, 3.63) is 45.7 Å². The highest BCUT2D eigenvalue weighted by Gasteiger charge is 2.12. The van der Waals surface area contributed by atoms with Crippen LogP contribution in [0.1, 0.15) is 28.9 Å². The average molecular weight is 379 g/mol. The Hall–Kier alpha value is -2.15. The Morgan fingerprint density at radius 3 is 2.69 bits per heavy atom. The van der Waals surface area contributed by atoms with Gasteiger partial charge in [0.1, 0.15) is 6.10 Å². The second-order valence-electron chi connectivity index (χ2n) is 5.95. The van der Waals surface area contributed by atoms with Crippen LogP contribution in [0.3, 0.4) is 0 Å². The zero-order valence-corrected chi connectivity index (χ0v) is 16.6. The van der Waals surface area contributed by atoms with Crippen molar-refractivity contribution in [2.75, 3.05) is 20.1 Å². The Morgan fingerprint density at radius 2 is 2.08 bits per heavy atom. The van der Waals surface area contributed by atoms with E-state index in [9.17, 15) is 4.39 Å². The standard InChI is InChI=1S/C19H27FN4OS/c1-5-15(25-17-9-7-6-8-16(17)20)12-23-19(21-4)22-11-10-18-13(2)24-14(3)26-18/h6-9,15H,5,10-12H2,1-4H3,(H2,21,22,23). The molecule has 1 heterocycles. The molecule has 0 aliphatic carbocycles. The number of halogens is 1. The Bertz CT molecular complexity index is 732. The highest BCUT2D eigenvalue weighted by Crippen LogP contribution is 2.18. The van der Waals surface area contributed by atoms with E-state index >= 15 is 0 Å². The molecule has 0 saturated heterocycles. The first-order valence-electron chi connectivity index (χ1n) is 8.82. The number of aryl methyl sites for hydroxylation is 2. The highest BCUT2D eigenvalue weighted by atomic mass is 32.1. The molecule has 2 rings (SSSR count). The molecule has 7 heteroatoms. The number of para-hydroxylation sites is 1. The summed E-state index contributed by atoms with van der Waals surface area (Å²) in [5, 5.41) is 7.64. The minimum absolute atomic E-state index is 0.142. The van der Waals surface area contributed by atoms with Crippen LogP contribution in [-0.2, 0) is 6.42 Å². The molecule has 1 aromatic heterocycles. The van der Waals surface area contributed by atoms with E-state index in [-0.39, 0.29) is 17.7 Å². The molecule has 0 amide bonds. The number of hydrogen-bond acceptors (Lipinski definition) is 4. The van der Waals surface area contributed by atoms with Crippen LogP contribution in [0.4, 0.5) is 4.39 Å². The van der Waals surface area contributed by atoms with Crippen molar-refractivity contribution in [1.82, 2.24) is 15.6 Å². The molecule has 2 N–H and O–H groups in total. The summed E-state index contributed by atoms with van der Waals surface area (Å²) >= 11 is 1.73. The molecule has 0 saturated carbocycles. The first-order chi connectivity index (χ1) is 12.5. The number of rotatable bonds is 8. The van der Waals surface area contributed by atoms with Crippen molar-refractivity contribution in [1.29, 1.82) is 0 Å². The van der Waals surface area contributed by atoms with Gasteiger partial charge in [0.25, 0.3) is 0 Å². The van der Waals surface area contributed by atoms with Gasteiger partial charge in [0.2, 0.25) is 0 Å². The van der Waals surface area contributed by atoms with E-state index < -0.39 is 0 Å². The minimum Gasteiger partial charge on any atom is -0.486 e. The maximum absolute atomic E-state index is 13.7. The fourth-order valence-corrected chi connectivity index (χ4v) is 3.46. The molecule has 0 aliphatic heterocycles. The maximum Gasteiger partial charge on any atom is 0.191 e. The molecule has 0 radical (unpaired) electrons. The quantitative estimate of drug-likeness (QED) is 0.546. The molecule has 1 atom stereocenters. The van der Waals surface area contributed by atoms with Crippen LogP contribution < -0.4 is 15.4 Å². The molecule has 0 bridgehead atoms. The number of nitrogens with zero attached hydrogens (tertiary/aromatic N) is 2. The SMILES string of the molecule is CCC(CNC(=NC)NCCc1sc(C)nc1C)Oc1ccccc1F. The van der Waals surface area contributed by atoms with Gasteiger partial charge in [-0.05, 0) is 32.4 Å². The van der Waals surface area contributed by atoms with E-state index in [1.807, 2.05) is 20.8 Å². The highest BCUT2D eigenvalue weighted by molar-refractivity contribution is 7.11. The van der Waals surface area contributed by atoms with Crippen LogP contribution in [0.15, 0.2) is 29.3 Å². The van der Waals surface area contributed by atoms with Crippen molar-refractivity contribution in [3.8, 4) is 5.75 Å². The fourth-order valence-electron chi connectivity index (χ4n) is 2.52. The van der Waals surface area contributed by atoms with Gasteiger partial charge >= 0.3 is 0 Å². The second kappa shape index (κ2) is 10.1. The van der Waals surface area contributed by atoms with Crippen LogP contribution in [0.2, 0.25) is 0 Å². The fraction of sp³-hybridized carbons (Fsp3) is 0.474. The zero-order valence-electron chi connectivity index (χ0n) is 15.8. The molecule has 1 unspecified atom stereocenters. The van der Waals surface area contributed by atoms with Gasteiger partial charge in [-0.15, -0.1) is 11.3 Å². The van der Waals surface area contributed by atoms with Gasteiger partial charge in [-0.1, -0.05) is 19.1 Å². The largest absolute Gasteiger partial charge is 0.486 e. The van der Waals surface area contributed by atoms with Gasteiger partial charge < -0.3 is 15.4 Å². The summed E-state index contributed by atoms with van der Waals surface area (Å²) in [6.45, 7) is 7.39. The van der Waals surface area contributed by atoms with Gasteiger partial charge in [-0.2, -0.15) is 0 Å². The number of guanidine groups is 1. The normalized spacial score (nSPS) is 12.7. The van der Waals surface area contributed by atoms with Crippen LogP contribution >= 0.6 is 11.3 Å². The number of aromatic nitrogens is 1. The average Bonchev–Trinajstić information content (AvgIpc) is 2.95. The predicted octanol–water partition coefficient (Wildman–Crippen LogP) is 3.46. The summed E-state index contributed by atoms with van der Waals surface area (Å²) in [6.07, 6.45) is 1.52. The van der Waals surface area contributed by atoms with E-state index in [1.165, 1.54) is 10.9 Å². The van der Waals surface area contributed by atoms with E-state index in [0.29, 0.717) is 12.5 Å². The molecule has 2 aromatic rings. The first-order valence-corrected chi connectivity index (χ1v) is 9.63. The molecule has 1 aromatic carbocycles. The lowest BCUT2D eigenvalue weighted by Crippen LogP contribution is -2.43. The third-order valence-electron chi connectivity index (χ3n) is 3.95. The smallest absolute Gasteiger partial charge is 0.191 e. The number of ether oxygens (including phenoxy) is 1. The van der Waals surface area contributed by atoms with E-state index in [4.69, 9.17) is 4.74 Å². The van der Waals surface area contributed by atoms with Gasteiger partial charge in [0, 0.05) is 24.9 Å². The number of benzene rings is 1. The van der Waals surface area contributed by atoms with E-state index in [2.05, 4.69) is 20.6 Å². The van der Waals surface area contributed by atoms with Crippen molar-refractivity contribution < 1.29 is 9.13 Å². The summed E-state index contributed by atoms with van der Waals surface area (Å²) in [6, 6.07) is 6.46. The number of hydrogen-bond donors (Lipinski definition) is 2. The topological polar surface area (TPSA) is 58.5 Å². The van der Waals surface area contributed by atoms with Crippen LogP contribution in [0, 0.1) is 19.7 Å². The van der Waals surface area contributed by atoms with Crippen LogP contribution in [-0.4, -0.2) is 37.2 Å². The lowest BCUT2D eigenvalue weighted by molar-refractivity contribution is 0.191. The summed E-state index contributed by atoms with van der Waals surface area (Å²) in [5.41, 5.74) is 1.10. The van der Waals surface area contributed by atoms with Crippen LogP contribution in [0.25, 0.3) is 0 Å². The van der Waals surface area contributed by atoms with Crippen LogP contribution in [0.5, 0.6) is 5.75 Å². The molecular weight excluding hydrogens is 351 g/mol.